The first-order valence-electron chi connectivity index (χ1n) is 4.63. The van der Waals surface area contributed by atoms with Crippen LogP contribution in [0.1, 0.15) is 5.69 Å². The lowest BCUT2D eigenvalue weighted by molar-refractivity contribution is 0.585. The minimum Gasteiger partial charge on any atom is -0.368 e. The molecule has 16 heavy (non-hydrogen) atoms. The Morgan fingerprint density at radius 3 is 2.50 bits per heavy atom. The van der Waals surface area contributed by atoms with Gasteiger partial charge in [-0.05, 0) is 25.1 Å². The fraction of sp³-hybridized carbons (Fsp3) is 0.0909. The quantitative estimate of drug-likeness (QED) is 0.803. The minimum atomic E-state index is -0.669. The Bertz CT molecular complexity index is 520. The van der Waals surface area contributed by atoms with Gasteiger partial charge in [0.1, 0.15) is 11.6 Å². The van der Waals surface area contributed by atoms with Gasteiger partial charge in [0.2, 0.25) is 5.95 Å². The number of rotatable bonds is 1. The van der Waals surface area contributed by atoms with Crippen LogP contribution >= 0.6 is 0 Å². The van der Waals surface area contributed by atoms with Crippen LogP contribution in [0.5, 0.6) is 0 Å². The van der Waals surface area contributed by atoms with Gasteiger partial charge in [-0.25, -0.2) is 18.7 Å². The van der Waals surface area contributed by atoms with Crippen molar-refractivity contribution < 1.29 is 8.78 Å². The van der Waals surface area contributed by atoms with Crippen LogP contribution < -0.4 is 5.73 Å². The lowest BCUT2D eigenvalue weighted by Crippen LogP contribution is -1.99. The second kappa shape index (κ2) is 3.84. The molecule has 1 aromatic heterocycles. The molecule has 1 aromatic carbocycles. The molecule has 0 fully saturated rings. The van der Waals surface area contributed by atoms with Crippen LogP contribution in [-0.4, -0.2) is 9.97 Å². The van der Waals surface area contributed by atoms with Crippen molar-refractivity contribution in [3.8, 4) is 11.3 Å². The van der Waals surface area contributed by atoms with E-state index in [-0.39, 0.29) is 11.5 Å². The van der Waals surface area contributed by atoms with Gasteiger partial charge in [0.05, 0.1) is 5.69 Å². The number of nitrogens with two attached hydrogens (primary N) is 1. The standard InChI is InChI=1S/C11H9F2N3/c1-6-4-10(16-11(14)15-6)8-3-2-7(12)5-9(8)13/h2-5H,1H3,(H2,14,15,16). The summed E-state index contributed by atoms with van der Waals surface area (Å²) in [5, 5.41) is 0. The van der Waals surface area contributed by atoms with Crippen LogP contribution in [0.4, 0.5) is 14.7 Å². The second-order valence-corrected chi connectivity index (χ2v) is 3.38. The summed E-state index contributed by atoms with van der Waals surface area (Å²) >= 11 is 0. The molecule has 0 amide bonds. The van der Waals surface area contributed by atoms with Crippen molar-refractivity contribution >= 4 is 5.95 Å². The van der Waals surface area contributed by atoms with E-state index < -0.39 is 11.6 Å². The second-order valence-electron chi connectivity index (χ2n) is 3.38. The largest absolute Gasteiger partial charge is 0.368 e. The first kappa shape index (κ1) is 10.5. The Balaban J connectivity index is 2.58. The van der Waals surface area contributed by atoms with Crippen molar-refractivity contribution in [2.75, 3.05) is 5.73 Å². The summed E-state index contributed by atoms with van der Waals surface area (Å²) in [6.45, 7) is 1.73. The molecule has 0 saturated heterocycles. The summed E-state index contributed by atoms with van der Waals surface area (Å²) in [4.78, 5) is 7.78. The minimum absolute atomic E-state index is 0.0683. The van der Waals surface area contributed by atoms with Crippen LogP contribution in [-0.2, 0) is 0 Å². The molecule has 0 unspecified atom stereocenters. The Morgan fingerprint density at radius 2 is 1.88 bits per heavy atom. The number of nitrogens with zero attached hydrogens (tertiary/aromatic N) is 2. The molecule has 3 nitrogen and oxygen atoms in total. The monoisotopic (exact) mass is 221 g/mol. The molecule has 5 heteroatoms. The Kier molecular flexibility index (Phi) is 2.52. The summed E-state index contributed by atoms with van der Waals surface area (Å²) < 4.78 is 26.2. The number of halogens is 2. The summed E-state index contributed by atoms with van der Waals surface area (Å²) in [5.41, 5.74) is 6.65. The van der Waals surface area contributed by atoms with E-state index in [2.05, 4.69) is 9.97 Å². The van der Waals surface area contributed by atoms with Gasteiger partial charge in [-0.15, -0.1) is 0 Å². The van der Waals surface area contributed by atoms with Crippen LogP contribution in [0.2, 0.25) is 0 Å². The van der Waals surface area contributed by atoms with Crippen molar-refractivity contribution in [3.63, 3.8) is 0 Å². The summed E-state index contributed by atoms with van der Waals surface area (Å²) in [6, 6.07) is 4.90. The molecule has 0 bridgehead atoms. The highest BCUT2D eigenvalue weighted by atomic mass is 19.1. The van der Waals surface area contributed by atoms with Gasteiger partial charge in [-0.3, -0.25) is 0 Å². The third-order valence-corrected chi connectivity index (χ3v) is 2.08. The van der Waals surface area contributed by atoms with Gasteiger partial charge >= 0.3 is 0 Å². The van der Waals surface area contributed by atoms with Crippen LogP contribution in [0.3, 0.4) is 0 Å². The van der Waals surface area contributed by atoms with E-state index >= 15 is 0 Å². The van der Waals surface area contributed by atoms with Crippen LogP contribution in [0, 0.1) is 18.6 Å². The predicted molar refractivity (Wildman–Crippen MR) is 56.5 cm³/mol. The van der Waals surface area contributed by atoms with E-state index in [9.17, 15) is 8.78 Å². The molecule has 2 aromatic rings. The molecule has 0 aliphatic heterocycles. The van der Waals surface area contributed by atoms with Crippen molar-refractivity contribution in [1.82, 2.24) is 9.97 Å². The highest BCUT2D eigenvalue weighted by molar-refractivity contribution is 5.61. The van der Waals surface area contributed by atoms with Crippen molar-refractivity contribution in [3.05, 3.63) is 41.6 Å². The fourth-order valence-corrected chi connectivity index (χ4v) is 1.43. The molecule has 0 saturated carbocycles. The van der Waals surface area contributed by atoms with Gasteiger partial charge in [0.25, 0.3) is 0 Å². The summed E-state index contributed by atoms with van der Waals surface area (Å²) in [7, 11) is 0. The van der Waals surface area contributed by atoms with E-state index in [1.807, 2.05) is 0 Å². The van der Waals surface area contributed by atoms with Gasteiger partial charge in [0.15, 0.2) is 0 Å². The fourth-order valence-electron chi connectivity index (χ4n) is 1.43. The number of anilines is 1. The first-order valence-corrected chi connectivity index (χ1v) is 4.63. The number of hydrogen-bond donors (Lipinski definition) is 1. The number of aromatic nitrogens is 2. The zero-order valence-corrected chi connectivity index (χ0v) is 8.54. The molecule has 0 aliphatic carbocycles. The smallest absolute Gasteiger partial charge is 0.220 e. The Morgan fingerprint density at radius 1 is 1.12 bits per heavy atom. The predicted octanol–water partition coefficient (Wildman–Crippen LogP) is 2.31. The summed E-state index contributed by atoms with van der Waals surface area (Å²) in [6.07, 6.45) is 0. The summed E-state index contributed by atoms with van der Waals surface area (Å²) in [5.74, 6) is -1.23. The SMILES string of the molecule is Cc1cc(-c2ccc(F)cc2F)nc(N)n1. The van der Waals surface area contributed by atoms with Crippen LogP contribution in [0.25, 0.3) is 11.3 Å². The third-order valence-electron chi connectivity index (χ3n) is 2.08. The van der Waals surface area contributed by atoms with Crippen molar-refractivity contribution in [2.45, 2.75) is 6.92 Å². The van der Waals surface area contributed by atoms with Crippen molar-refractivity contribution in [1.29, 1.82) is 0 Å². The number of aryl methyl sites for hydroxylation is 1. The van der Waals surface area contributed by atoms with Crippen LogP contribution in [0.15, 0.2) is 24.3 Å². The molecule has 82 valence electrons. The Labute approximate surface area is 91.0 Å². The zero-order valence-electron chi connectivity index (χ0n) is 8.54. The average Bonchev–Trinajstić information content (AvgIpc) is 2.15. The van der Waals surface area contributed by atoms with E-state index in [0.717, 1.165) is 6.07 Å². The lowest BCUT2D eigenvalue weighted by atomic mass is 10.1. The molecule has 2 N–H and O–H groups in total. The third kappa shape index (κ3) is 1.98. The highest BCUT2D eigenvalue weighted by Gasteiger charge is 2.09. The maximum absolute atomic E-state index is 13.5. The maximum atomic E-state index is 13.5. The maximum Gasteiger partial charge on any atom is 0.220 e. The molecule has 0 spiro atoms. The van der Waals surface area contributed by atoms with Crippen molar-refractivity contribution in [2.24, 2.45) is 0 Å². The molecule has 2 rings (SSSR count). The average molecular weight is 221 g/mol. The molecule has 0 aliphatic rings. The van der Waals surface area contributed by atoms with E-state index in [1.165, 1.54) is 12.1 Å². The van der Waals surface area contributed by atoms with Gasteiger partial charge in [-0.1, -0.05) is 0 Å². The molecular formula is C11H9F2N3. The zero-order chi connectivity index (χ0) is 11.7. The van der Waals surface area contributed by atoms with E-state index in [1.54, 1.807) is 13.0 Å². The number of nitrogen functional groups attached to an aromatic ring is 1. The first-order chi connectivity index (χ1) is 7.56. The molecule has 1 heterocycles. The molecule has 0 radical (unpaired) electrons. The highest BCUT2D eigenvalue weighted by Crippen LogP contribution is 2.22. The molecular weight excluding hydrogens is 212 g/mol. The number of benzene rings is 1. The molecule has 0 atom stereocenters. The van der Waals surface area contributed by atoms with Gasteiger partial charge in [-0.2, -0.15) is 0 Å². The van der Waals surface area contributed by atoms with E-state index in [0.29, 0.717) is 11.4 Å². The van der Waals surface area contributed by atoms with E-state index in [4.69, 9.17) is 5.73 Å². The number of hydrogen-bond acceptors (Lipinski definition) is 3. The topological polar surface area (TPSA) is 51.8 Å². The normalized spacial score (nSPS) is 10.4. The Hall–Kier alpha value is -2.04. The van der Waals surface area contributed by atoms with Gasteiger partial charge in [0, 0.05) is 17.3 Å². The van der Waals surface area contributed by atoms with Gasteiger partial charge < -0.3 is 5.73 Å². The lowest BCUT2D eigenvalue weighted by Gasteiger charge is -2.04.